The zero-order valence-electron chi connectivity index (χ0n) is 16.5. The van der Waals surface area contributed by atoms with E-state index in [2.05, 4.69) is 9.98 Å². The molecule has 0 amide bonds. The number of carbonyl (C=O) groups excluding carboxylic acids is 2. The second-order valence-corrected chi connectivity index (χ2v) is 7.53. The number of ketones is 1. The van der Waals surface area contributed by atoms with E-state index >= 15 is 0 Å². The van der Waals surface area contributed by atoms with Gasteiger partial charge in [-0.15, -0.1) is 0 Å². The molecule has 2 aromatic rings. The predicted octanol–water partition coefficient (Wildman–Crippen LogP) is 4.05. The minimum atomic E-state index is -0.589. The number of esters is 1. The van der Waals surface area contributed by atoms with Gasteiger partial charge in [0.15, 0.2) is 5.78 Å². The van der Waals surface area contributed by atoms with E-state index in [9.17, 15) is 9.59 Å². The van der Waals surface area contributed by atoms with Crippen LogP contribution in [-0.4, -0.2) is 29.1 Å². The second-order valence-electron chi connectivity index (χ2n) is 7.53. The van der Waals surface area contributed by atoms with Crippen molar-refractivity contribution in [1.29, 1.82) is 0 Å². The fraction of sp³-hybridized carbons (Fsp3) is 0.333. The first-order chi connectivity index (χ1) is 14.1. The van der Waals surface area contributed by atoms with Crippen molar-refractivity contribution in [1.82, 2.24) is 4.98 Å². The average Bonchev–Trinajstić information content (AvgIpc) is 2.74. The quantitative estimate of drug-likeness (QED) is 0.725. The van der Waals surface area contributed by atoms with E-state index < -0.39 is 5.92 Å². The number of hydrogen-bond acceptors (Lipinski definition) is 5. The van der Waals surface area contributed by atoms with Crippen LogP contribution in [0.5, 0.6) is 0 Å². The Kier molecular flexibility index (Phi) is 5.65. The van der Waals surface area contributed by atoms with Crippen LogP contribution in [0.25, 0.3) is 0 Å². The Morgan fingerprint density at radius 3 is 2.62 bits per heavy atom. The summed E-state index contributed by atoms with van der Waals surface area (Å²) in [5.41, 5.74) is 4.24. The molecule has 1 unspecified atom stereocenters. The van der Waals surface area contributed by atoms with Crippen LogP contribution in [0.2, 0.25) is 0 Å². The molecule has 0 bridgehead atoms. The SMILES string of the molecule is CC1=NC2=C(C(=O)CCC2)[C@@H](c2ccncc2)C1C(=O)OCCc1ccccc1. The maximum absolute atomic E-state index is 13.1. The maximum Gasteiger partial charge on any atom is 0.315 e. The monoisotopic (exact) mass is 388 g/mol. The van der Waals surface area contributed by atoms with Crippen molar-refractivity contribution in [2.24, 2.45) is 10.9 Å². The van der Waals surface area contributed by atoms with Crippen LogP contribution in [0, 0.1) is 5.92 Å². The number of carbonyl (C=O) groups is 2. The highest BCUT2D eigenvalue weighted by atomic mass is 16.5. The van der Waals surface area contributed by atoms with Gasteiger partial charge in [-0.2, -0.15) is 0 Å². The van der Waals surface area contributed by atoms with Gasteiger partial charge in [0.05, 0.1) is 6.61 Å². The Morgan fingerprint density at radius 1 is 1.10 bits per heavy atom. The Labute approximate surface area is 170 Å². The summed E-state index contributed by atoms with van der Waals surface area (Å²) in [5.74, 6) is -1.18. The zero-order valence-corrected chi connectivity index (χ0v) is 16.5. The standard InChI is InChI=1S/C24H24N2O3/c1-16-21(24(28)29-15-12-17-6-3-2-4-7-17)22(18-10-13-25-14-11-18)23-19(26-16)8-5-9-20(23)27/h2-4,6-7,10-11,13-14,21-22H,5,8-9,12,15H2,1H3/t21?,22-/m0/s1. The molecule has 0 radical (unpaired) electrons. The number of ether oxygens (including phenoxy) is 1. The molecule has 0 fully saturated rings. The third-order valence-corrected chi connectivity index (χ3v) is 5.63. The minimum Gasteiger partial charge on any atom is -0.465 e. The number of hydrogen-bond donors (Lipinski definition) is 0. The lowest BCUT2D eigenvalue weighted by molar-refractivity contribution is -0.146. The van der Waals surface area contributed by atoms with E-state index in [1.807, 2.05) is 49.4 Å². The highest BCUT2D eigenvalue weighted by Crippen LogP contribution is 2.43. The summed E-state index contributed by atoms with van der Waals surface area (Å²) < 4.78 is 5.65. The first-order valence-electron chi connectivity index (χ1n) is 10.1. The highest BCUT2D eigenvalue weighted by Gasteiger charge is 2.43. The van der Waals surface area contributed by atoms with Crippen LogP contribution in [0.15, 0.2) is 71.1 Å². The van der Waals surface area contributed by atoms with Crippen LogP contribution in [0.3, 0.4) is 0 Å². The Balaban J connectivity index is 1.60. The van der Waals surface area contributed by atoms with E-state index in [1.54, 1.807) is 12.4 Å². The van der Waals surface area contributed by atoms with Gasteiger partial charge in [-0.1, -0.05) is 30.3 Å². The molecule has 148 valence electrons. The lowest BCUT2D eigenvalue weighted by Crippen LogP contribution is -2.37. The molecule has 1 aromatic heterocycles. The molecular weight excluding hydrogens is 364 g/mol. The Morgan fingerprint density at radius 2 is 1.86 bits per heavy atom. The van der Waals surface area contributed by atoms with E-state index in [0.29, 0.717) is 30.7 Å². The normalized spacial score (nSPS) is 21.4. The fourth-order valence-electron chi connectivity index (χ4n) is 4.25. The van der Waals surface area contributed by atoms with Crippen LogP contribution in [0.1, 0.15) is 43.2 Å². The van der Waals surface area contributed by atoms with Gasteiger partial charge < -0.3 is 4.74 Å². The molecule has 2 atom stereocenters. The van der Waals surface area contributed by atoms with Crippen LogP contribution >= 0.6 is 0 Å². The highest BCUT2D eigenvalue weighted by molar-refractivity contribution is 6.08. The molecule has 5 heteroatoms. The number of aromatic nitrogens is 1. The summed E-state index contributed by atoms with van der Waals surface area (Å²) >= 11 is 0. The molecule has 0 N–H and O–H groups in total. The zero-order chi connectivity index (χ0) is 20.2. The summed E-state index contributed by atoms with van der Waals surface area (Å²) in [5, 5.41) is 0. The number of allylic oxidation sites excluding steroid dienone is 2. The number of pyridine rings is 1. The van der Waals surface area contributed by atoms with Crippen molar-refractivity contribution >= 4 is 17.5 Å². The summed E-state index contributed by atoms with van der Waals surface area (Å²) in [4.78, 5) is 34.6. The van der Waals surface area contributed by atoms with Crippen molar-refractivity contribution in [3.8, 4) is 0 Å². The van der Waals surface area contributed by atoms with E-state index in [1.165, 1.54) is 0 Å². The number of nitrogens with zero attached hydrogens (tertiary/aromatic N) is 2. The van der Waals surface area contributed by atoms with Crippen molar-refractivity contribution in [2.75, 3.05) is 6.61 Å². The molecule has 2 heterocycles. The number of rotatable bonds is 5. The van der Waals surface area contributed by atoms with Crippen LogP contribution < -0.4 is 0 Å². The number of aliphatic imine (C=N–C) groups is 1. The first-order valence-corrected chi connectivity index (χ1v) is 10.1. The lowest BCUT2D eigenvalue weighted by Gasteiger charge is -2.34. The van der Waals surface area contributed by atoms with Gasteiger partial charge in [-0.3, -0.25) is 19.6 Å². The molecule has 1 aliphatic heterocycles. The molecule has 0 saturated heterocycles. The third kappa shape index (κ3) is 4.04. The van der Waals surface area contributed by atoms with Gasteiger partial charge in [0, 0.05) is 48.1 Å². The lowest BCUT2D eigenvalue weighted by atomic mass is 9.72. The summed E-state index contributed by atoms with van der Waals surface area (Å²) in [6.45, 7) is 2.16. The fourth-order valence-corrected chi connectivity index (χ4v) is 4.25. The predicted molar refractivity (Wildman–Crippen MR) is 111 cm³/mol. The largest absolute Gasteiger partial charge is 0.465 e. The van der Waals surface area contributed by atoms with Crippen molar-refractivity contribution < 1.29 is 14.3 Å². The first kappa shape index (κ1) is 19.2. The van der Waals surface area contributed by atoms with Gasteiger partial charge in [-0.25, -0.2) is 0 Å². The maximum atomic E-state index is 13.1. The molecule has 29 heavy (non-hydrogen) atoms. The van der Waals surface area contributed by atoms with Gasteiger partial charge in [-0.05, 0) is 43.0 Å². The van der Waals surface area contributed by atoms with Crippen molar-refractivity contribution in [2.45, 2.75) is 38.5 Å². The molecule has 1 aromatic carbocycles. The van der Waals surface area contributed by atoms with Crippen LogP contribution in [-0.2, 0) is 20.7 Å². The van der Waals surface area contributed by atoms with Gasteiger partial charge in [0.2, 0.25) is 0 Å². The molecule has 4 rings (SSSR count). The Bertz CT molecular complexity index is 964. The third-order valence-electron chi connectivity index (χ3n) is 5.63. The van der Waals surface area contributed by atoms with Crippen molar-refractivity contribution in [3.63, 3.8) is 0 Å². The minimum absolute atomic E-state index is 0.0893. The van der Waals surface area contributed by atoms with Crippen LogP contribution in [0.4, 0.5) is 0 Å². The summed E-state index contributed by atoms with van der Waals surface area (Å²) in [7, 11) is 0. The summed E-state index contributed by atoms with van der Waals surface area (Å²) in [6, 6.07) is 13.7. The second kappa shape index (κ2) is 8.52. The smallest absolute Gasteiger partial charge is 0.315 e. The van der Waals surface area contributed by atoms with E-state index in [4.69, 9.17) is 4.74 Å². The molecule has 0 spiro atoms. The van der Waals surface area contributed by atoms with E-state index in [0.717, 1.165) is 29.7 Å². The topological polar surface area (TPSA) is 68.6 Å². The van der Waals surface area contributed by atoms with Gasteiger partial charge in [0.25, 0.3) is 0 Å². The molecule has 2 aliphatic rings. The average molecular weight is 388 g/mol. The molecule has 0 saturated carbocycles. The molecular formula is C24H24N2O3. The van der Waals surface area contributed by atoms with E-state index in [-0.39, 0.29) is 17.7 Å². The number of benzene rings is 1. The molecule has 5 nitrogen and oxygen atoms in total. The number of Topliss-reactive ketones (excluding diaryl/α,β-unsaturated/α-hetero) is 1. The summed E-state index contributed by atoms with van der Waals surface area (Å²) in [6.07, 6.45) is 6.13. The van der Waals surface area contributed by atoms with Gasteiger partial charge >= 0.3 is 5.97 Å². The molecule has 1 aliphatic carbocycles. The Hall–Kier alpha value is -3.08. The van der Waals surface area contributed by atoms with Crippen molar-refractivity contribution in [3.05, 3.63) is 77.3 Å². The van der Waals surface area contributed by atoms with Gasteiger partial charge in [0.1, 0.15) is 5.92 Å².